The Kier molecular flexibility index (Phi) is 5.03. The third-order valence-corrected chi connectivity index (χ3v) is 4.92. The van der Waals surface area contributed by atoms with Crippen LogP contribution in [-0.2, 0) is 11.3 Å². The van der Waals surface area contributed by atoms with Gasteiger partial charge in [0.25, 0.3) is 5.56 Å². The normalized spacial score (nSPS) is 11.0. The van der Waals surface area contributed by atoms with Crippen molar-refractivity contribution >= 4 is 27.5 Å². The number of hydrogen-bond acceptors (Lipinski definition) is 4. The van der Waals surface area contributed by atoms with Crippen LogP contribution < -0.4 is 16.6 Å². The van der Waals surface area contributed by atoms with Crippen molar-refractivity contribution in [1.29, 1.82) is 0 Å². The van der Waals surface area contributed by atoms with Gasteiger partial charge in [-0.25, -0.2) is 13.8 Å². The molecule has 2 aromatic heterocycles. The second-order valence-corrected chi connectivity index (χ2v) is 6.84. The average molecular weight is 375 g/mol. The summed E-state index contributed by atoms with van der Waals surface area (Å²) in [5.74, 6) is -0.722. The summed E-state index contributed by atoms with van der Waals surface area (Å²) in [6.45, 7) is 3.81. The van der Waals surface area contributed by atoms with Crippen molar-refractivity contribution in [1.82, 2.24) is 14.5 Å². The Bertz CT molecular complexity index is 1100. The second kappa shape index (κ2) is 7.25. The van der Waals surface area contributed by atoms with E-state index in [2.05, 4.69) is 5.32 Å². The van der Waals surface area contributed by atoms with Gasteiger partial charge in [-0.1, -0.05) is 6.92 Å². The maximum atomic E-state index is 13.6. The molecule has 0 aliphatic rings. The van der Waals surface area contributed by atoms with E-state index >= 15 is 0 Å². The first-order chi connectivity index (χ1) is 12.4. The fraction of sp³-hybridized carbons (Fsp3) is 0.278. The molecule has 0 saturated heterocycles. The van der Waals surface area contributed by atoms with Crippen molar-refractivity contribution in [2.24, 2.45) is 0 Å². The zero-order valence-corrected chi connectivity index (χ0v) is 15.2. The van der Waals surface area contributed by atoms with E-state index in [9.17, 15) is 18.8 Å². The summed E-state index contributed by atoms with van der Waals surface area (Å²) in [6, 6.07) is 5.69. The first kappa shape index (κ1) is 18.1. The van der Waals surface area contributed by atoms with E-state index < -0.39 is 17.1 Å². The van der Waals surface area contributed by atoms with Crippen LogP contribution >= 0.6 is 11.3 Å². The van der Waals surface area contributed by atoms with Gasteiger partial charge in [-0.3, -0.25) is 14.2 Å². The molecule has 0 bridgehead atoms. The molecule has 0 fully saturated rings. The molecule has 0 unspecified atom stereocenters. The molecule has 3 rings (SSSR count). The molecule has 0 saturated carbocycles. The zero-order chi connectivity index (χ0) is 18.8. The van der Waals surface area contributed by atoms with Gasteiger partial charge in [0.1, 0.15) is 17.1 Å². The van der Waals surface area contributed by atoms with E-state index in [0.717, 1.165) is 11.0 Å². The Morgan fingerprint density at radius 1 is 1.27 bits per heavy atom. The van der Waals surface area contributed by atoms with E-state index in [1.165, 1.54) is 34.1 Å². The van der Waals surface area contributed by atoms with E-state index in [1.807, 2.05) is 6.92 Å². The van der Waals surface area contributed by atoms with Crippen molar-refractivity contribution in [2.75, 3.05) is 6.54 Å². The number of carbonyl (C=O) groups excluding carboxylic acids is 1. The molecule has 0 atom stereocenters. The summed E-state index contributed by atoms with van der Waals surface area (Å²) < 4.78 is 16.2. The molecule has 26 heavy (non-hydrogen) atoms. The molecule has 6 nitrogen and oxygen atoms in total. The number of amides is 1. The highest BCUT2D eigenvalue weighted by Crippen LogP contribution is 2.17. The van der Waals surface area contributed by atoms with Gasteiger partial charge in [-0.2, -0.15) is 0 Å². The maximum absolute atomic E-state index is 13.6. The standard InChI is InChI=1S/C18H18FN3O3S/c1-3-7-20-15(23)10-21-14-6-8-26-16(14)17(24)22(18(21)25)12-4-5-13(19)11(2)9-12/h4-6,8-9H,3,7,10H2,1-2H3,(H,20,23). The van der Waals surface area contributed by atoms with Gasteiger partial charge in [-0.15, -0.1) is 11.3 Å². The van der Waals surface area contributed by atoms with Crippen LogP contribution in [-0.4, -0.2) is 21.6 Å². The van der Waals surface area contributed by atoms with Crippen LogP contribution in [0.3, 0.4) is 0 Å². The maximum Gasteiger partial charge on any atom is 0.336 e. The molecule has 0 aliphatic heterocycles. The Balaban J connectivity index is 2.21. The Morgan fingerprint density at radius 3 is 2.73 bits per heavy atom. The molecule has 0 aliphatic carbocycles. The van der Waals surface area contributed by atoms with Crippen molar-refractivity contribution in [2.45, 2.75) is 26.8 Å². The summed E-state index contributed by atoms with van der Waals surface area (Å²) in [5.41, 5.74) is -0.0780. The van der Waals surface area contributed by atoms with Crippen molar-refractivity contribution in [3.63, 3.8) is 0 Å². The van der Waals surface area contributed by atoms with Gasteiger partial charge in [0.05, 0.1) is 11.2 Å². The molecule has 0 radical (unpaired) electrons. The highest BCUT2D eigenvalue weighted by Gasteiger charge is 2.17. The number of rotatable bonds is 5. The molecule has 1 N–H and O–H groups in total. The minimum absolute atomic E-state index is 0.188. The monoisotopic (exact) mass is 375 g/mol. The number of fused-ring (bicyclic) bond motifs is 1. The topological polar surface area (TPSA) is 73.1 Å². The third kappa shape index (κ3) is 3.20. The van der Waals surface area contributed by atoms with Gasteiger partial charge in [0.2, 0.25) is 5.91 Å². The first-order valence-corrected chi connectivity index (χ1v) is 9.08. The van der Waals surface area contributed by atoms with Gasteiger partial charge in [-0.05, 0) is 48.6 Å². The average Bonchev–Trinajstić information content (AvgIpc) is 3.10. The minimum atomic E-state index is -0.626. The van der Waals surface area contributed by atoms with Crippen LogP contribution in [0.1, 0.15) is 18.9 Å². The molecule has 3 aromatic rings. The number of nitrogens with zero attached hydrogens (tertiary/aromatic N) is 2. The largest absolute Gasteiger partial charge is 0.355 e. The smallest absolute Gasteiger partial charge is 0.336 e. The van der Waals surface area contributed by atoms with Crippen LogP contribution in [0.25, 0.3) is 15.9 Å². The third-order valence-electron chi connectivity index (χ3n) is 4.03. The summed E-state index contributed by atoms with van der Waals surface area (Å²) in [4.78, 5) is 37.9. The summed E-state index contributed by atoms with van der Waals surface area (Å²) in [5, 5.41) is 4.42. The van der Waals surface area contributed by atoms with E-state index in [-0.39, 0.29) is 18.1 Å². The van der Waals surface area contributed by atoms with Crippen LogP contribution in [0.15, 0.2) is 39.2 Å². The number of benzene rings is 1. The lowest BCUT2D eigenvalue weighted by atomic mass is 10.2. The molecule has 8 heteroatoms. The second-order valence-electron chi connectivity index (χ2n) is 5.93. The van der Waals surface area contributed by atoms with E-state index in [4.69, 9.17) is 0 Å². The molecule has 2 heterocycles. The molecular formula is C18H18FN3O3S. The van der Waals surface area contributed by atoms with E-state index in [1.54, 1.807) is 18.4 Å². The van der Waals surface area contributed by atoms with Gasteiger partial charge in [0.15, 0.2) is 0 Å². The predicted molar refractivity (Wildman–Crippen MR) is 99.7 cm³/mol. The summed E-state index contributed by atoms with van der Waals surface area (Å²) in [6.07, 6.45) is 0.781. The Morgan fingerprint density at radius 2 is 2.04 bits per heavy atom. The van der Waals surface area contributed by atoms with Crippen LogP contribution in [0, 0.1) is 12.7 Å². The molecular weight excluding hydrogens is 357 g/mol. The number of nitrogens with one attached hydrogen (secondary N) is 1. The lowest BCUT2D eigenvalue weighted by molar-refractivity contribution is -0.121. The summed E-state index contributed by atoms with van der Waals surface area (Å²) >= 11 is 1.20. The summed E-state index contributed by atoms with van der Waals surface area (Å²) in [7, 11) is 0. The highest BCUT2D eigenvalue weighted by molar-refractivity contribution is 7.17. The van der Waals surface area contributed by atoms with Crippen molar-refractivity contribution in [3.05, 3.63) is 61.9 Å². The van der Waals surface area contributed by atoms with E-state index in [0.29, 0.717) is 22.3 Å². The number of hydrogen-bond donors (Lipinski definition) is 1. The highest BCUT2D eigenvalue weighted by atomic mass is 32.1. The lowest BCUT2D eigenvalue weighted by Gasteiger charge is -2.13. The van der Waals surface area contributed by atoms with Crippen LogP contribution in [0.2, 0.25) is 0 Å². The SMILES string of the molecule is CCCNC(=O)Cn1c(=O)n(-c2ccc(F)c(C)c2)c(=O)c2sccc21. The number of halogens is 1. The van der Waals surface area contributed by atoms with Gasteiger partial charge < -0.3 is 5.32 Å². The predicted octanol–water partition coefficient (Wildman–Crippen LogP) is 2.19. The van der Waals surface area contributed by atoms with Crippen LogP contribution in [0.5, 0.6) is 0 Å². The zero-order valence-electron chi connectivity index (χ0n) is 14.4. The molecule has 0 spiro atoms. The van der Waals surface area contributed by atoms with Crippen molar-refractivity contribution in [3.8, 4) is 5.69 Å². The van der Waals surface area contributed by atoms with Gasteiger partial charge in [0, 0.05) is 6.54 Å². The Labute approximate surface area is 152 Å². The minimum Gasteiger partial charge on any atom is -0.355 e. The van der Waals surface area contributed by atoms with Gasteiger partial charge >= 0.3 is 5.69 Å². The molecule has 1 aromatic carbocycles. The van der Waals surface area contributed by atoms with Crippen molar-refractivity contribution < 1.29 is 9.18 Å². The number of thiophene rings is 1. The fourth-order valence-corrected chi connectivity index (χ4v) is 3.52. The fourth-order valence-electron chi connectivity index (χ4n) is 2.70. The Hall–Kier alpha value is -2.74. The number of aryl methyl sites for hydroxylation is 1. The molecule has 136 valence electrons. The number of carbonyl (C=O) groups is 1. The van der Waals surface area contributed by atoms with Crippen LogP contribution in [0.4, 0.5) is 4.39 Å². The molecule has 1 amide bonds. The first-order valence-electron chi connectivity index (χ1n) is 8.20. The lowest BCUT2D eigenvalue weighted by Crippen LogP contribution is -2.41. The quantitative estimate of drug-likeness (QED) is 0.743. The number of aromatic nitrogens is 2.